The molecule has 0 atom stereocenters. The predicted octanol–water partition coefficient (Wildman–Crippen LogP) is 2.50. The topological polar surface area (TPSA) is 34.1 Å². The lowest BCUT2D eigenvalue weighted by atomic mass is 10.3. The van der Waals surface area contributed by atoms with Crippen molar-refractivity contribution in [3.05, 3.63) is 18.3 Å². The van der Waals surface area contributed by atoms with Gasteiger partial charge in [-0.05, 0) is 19.9 Å². The van der Waals surface area contributed by atoms with Gasteiger partial charge in [0, 0.05) is 18.3 Å². The Morgan fingerprint density at radius 2 is 2.14 bits per heavy atom. The summed E-state index contributed by atoms with van der Waals surface area (Å²) in [5, 5.41) is 2.98. The fourth-order valence-electron chi connectivity index (χ4n) is 0.962. The second-order valence-electron chi connectivity index (χ2n) is 3.05. The number of hydrogen-bond acceptors (Lipinski definition) is 3. The van der Waals surface area contributed by atoms with E-state index in [0.29, 0.717) is 5.82 Å². The second-order valence-corrected chi connectivity index (χ2v) is 3.05. The maximum atomic E-state index is 11.9. The number of aromatic nitrogens is 1. The van der Waals surface area contributed by atoms with E-state index in [1.54, 1.807) is 0 Å². The summed E-state index contributed by atoms with van der Waals surface area (Å²) in [7, 11) is 0. The largest absolute Gasteiger partial charge is 0.435 e. The molecule has 78 valence electrons. The van der Waals surface area contributed by atoms with Crippen LogP contribution in [0, 0.1) is 0 Å². The van der Waals surface area contributed by atoms with Gasteiger partial charge in [0.25, 0.3) is 0 Å². The van der Waals surface area contributed by atoms with Gasteiger partial charge in [0.2, 0.25) is 0 Å². The quantitative estimate of drug-likeness (QED) is 0.814. The molecule has 0 aliphatic rings. The summed E-state index contributed by atoms with van der Waals surface area (Å²) in [6, 6.07) is 3.02. The van der Waals surface area contributed by atoms with E-state index in [4.69, 9.17) is 0 Å². The minimum absolute atomic E-state index is 0.109. The Hall–Kier alpha value is -1.39. The molecule has 0 aliphatic carbocycles. The number of rotatable bonds is 4. The van der Waals surface area contributed by atoms with E-state index in [9.17, 15) is 8.78 Å². The molecule has 0 aromatic carbocycles. The van der Waals surface area contributed by atoms with E-state index in [1.807, 2.05) is 13.8 Å². The number of nitrogens with zero attached hydrogens (tertiary/aromatic N) is 1. The molecule has 1 heterocycles. The molecule has 5 heteroatoms. The molecule has 0 saturated carbocycles. The van der Waals surface area contributed by atoms with E-state index in [0.717, 1.165) is 0 Å². The molecular weight excluding hydrogens is 190 g/mol. The summed E-state index contributed by atoms with van der Waals surface area (Å²) in [6.07, 6.45) is 1.42. The smallest absolute Gasteiger partial charge is 0.387 e. The first-order valence-electron chi connectivity index (χ1n) is 4.25. The lowest BCUT2D eigenvalue weighted by molar-refractivity contribution is -0.0498. The predicted molar refractivity (Wildman–Crippen MR) is 49.6 cm³/mol. The molecule has 0 aliphatic heterocycles. The summed E-state index contributed by atoms with van der Waals surface area (Å²) in [6.45, 7) is 1.06. The molecule has 0 saturated heterocycles. The maximum absolute atomic E-state index is 11.9. The number of halogens is 2. The number of alkyl halides is 2. The summed E-state index contributed by atoms with van der Waals surface area (Å²) >= 11 is 0. The van der Waals surface area contributed by atoms with Crippen LogP contribution in [-0.4, -0.2) is 17.6 Å². The van der Waals surface area contributed by atoms with Crippen LogP contribution in [0.5, 0.6) is 5.75 Å². The number of hydrogen-bond donors (Lipinski definition) is 1. The van der Waals surface area contributed by atoms with Crippen LogP contribution in [0.3, 0.4) is 0 Å². The SMILES string of the molecule is CC(C)Nc1cc(OC(F)F)ccn1. The number of ether oxygens (including phenoxy) is 1. The number of pyridine rings is 1. The molecular formula is C9H12F2N2O. The Morgan fingerprint density at radius 1 is 1.43 bits per heavy atom. The summed E-state index contributed by atoms with van der Waals surface area (Å²) in [4.78, 5) is 3.95. The van der Waals surface area contributed by atoms with Crippen LogP contribution in [0.2, 0.25) is 0 Å². The minimum Gasteiger partial charge on any atom is -0.435 e. The van der Waals surface area contributed by atoms with Crippen LogP contribution in [0.4, 0.5) is 14.6 Å². The highest BCUT2D eigenvalue weighted by molar-refractivity contribution is 5.41. The van der Waals surface area contributed by atoms with Crippen molar-refractivity contribution in [1.29, 1.82) is 0 Å². The van der Waals surface area contributed by atoms with E-state index >= 15 is 0 Å². The third-order valence-electron chi connectivity index (χ3n) is 1.39. The molecule has 0 radical (unpaired) electrons. The molecule has 3 nitrogen and oxygen atoms in total. The maximum Gasteiger partial charge on any atom is 0.387 e. The van der Waals surface area contributed by atoms with E-state index < -0.39 is 6.61 Å². The fraction of sp³-hybridized carbons (Fsp3) is 0.444. The summed E-state index contributed by atoms with van der Waals surface area (Å²) < 4.78 is 27.9. The van der Waals surface area contributed by atoms with Crippen LogP contribution in [-0.2, 0) is 0 Å². The van der Waals surface area contributed by atoms with Crippen molar-refractivity contribution >= 4 is 5.82 Å². The monoisotopic (exact) mass is 202 g/mol. The van der Waals surface area contributed by atoms with Gasteiger partial charge in [0.15, 0.2) is 0 Å². The van der Waals surface area contributed by atoms with E-state index in [2.05, 4.69) is 15.0 Å². The normalized spacial score (nSPS) is 10.7. The molecule has 0 unspecified atom stereocenters. The van der Waals surface area contributed by atoms with Gasteiger partial charge in [-0.1, -0.05) is 0 Å². The zero-order valence-corrected chi connectivity index (χ0v) is 8.00. The van der Waals surface area contributed by atoms with Gasteiger partial charge in [-0.15, -0.1) is 0 Å². The Morgan fingerprint density at radius 3 is 2.71 bits per heavy atom. The molecule has 1 aromatic rings. The standard InChI is InChI=1S/C9H12F2N2O/c1-6(2)13-8-5-7(3-4-12-8)14-9(10)11/h3-6,9H,1-2H3,(H,12,13). The Kier molecular flexibility index (Phi) is 3.62. The number of nitrogens with one attached hydrogen (secondary N) is 1. The van der Waals surface area contributed by atoms with Crippen LogP contribution in [0.1, 0.15) is 13.8 Å². The highest BCUT2D eigenvalue weighted by Gasteiger charge is 2.05. The molecule has 0 amide bonds. The van der Waals surface area contributed by atoms with Gasteiger partial charge >= 0.3 is 6.61 Å². The molecule has 0 spiro atoms. The van der Waals surface area contributed by atoms with Crippen LogP contribution >= 0.6 is 0 Å². The molecule has 0 fully saturated rings. The Balaban J connectivity index is 2.68. The zero-order valence-electron chi connectivity index (χ0n) is 8.00. The molecule has 0 bridgehead atoms. The van der Waals surface area contributed by atoms with Crippen LogP contribution in [0.25, 0.3) is 0 Å². The van der Waals surface area contributed by atoms with Crippen LogP contribution in [0.15, 0.2) is 18.3 Å². The zero-order chi connectivity index (χ0) is 10.6. The second kappa shape index (κ2) is 4.74. The first-order chi connectivity index (χ1) is 6.58. The summed E-state index contributed by atoms with van der Waals surface area (Å²) in [5.41, 5.74) is 0. The first kappa shape index (κ1) is 10.7. The third kappa shape index (κ3) is 3.55. The van der Waals surface area contributed by atoms with Crippen molar-refractivity contribution < 1.29 is 13.5 Å². The minimum atomic E-state index is -2.80. The van der Waals surface area contributed by atoms with Gasteiger partial charge in [0.05, 0.1) is 0 Å². The Bertz CT molecular complexity index is 267. The summed E-state index contributed by atoms with van der Waals surface area (Å²) in [5.74, 6) is 0.635. The van der Waals surface area contributed by atoms with Gasteiger partial charge in [0.1, 0.15) is 11.6 Å². The molecule has 1 N–H and O–H groups in total. The fourth-order valence-corrected chi connectivity index (χ4v) is 0.962. The average Bonchev–Trinajstić information content (AvgIpc) is 2.01. The lowest BCUT2D eigenvalue weighted by Gasteiger charge is -2.10. The highest BCUT2D eigenvalue weighted by Crippen LogP contribution is 2.17. The lowest BCUT2D eigenvalue weighted by Crippen LogP contribution is -2.11. The average molecular weight is 202 g/mol. The van der Waals surface area contributed by atoms with Crippen molar-refractivity contribution in [3.63, 3.8) is 0 Å². The van der Waals surface area contributed by atoms with Crippen molar-refractivity contribution in [3.8, 4) is 5.75 Å². The molecule has 1 rings (SSSR count). The number of anilines is 1. The van der Waals surface area contributed by atoms with Gasteiger partial charge in [-0.25, -0.2) is 4.98 Å². The van der Waals surface area contributed by atoms with E-state index in [1.165, 1.54) is 18.3 Å². The van der Waals surface area contributed by atoms with Gasteiger partial charge in [-0.3, -0.25) is 0 Å². The van der Waals surface area contributed by atoms with Crippen molar-refractivity contribution in [2.45, 2.75) is 26.5 Å². The van der Waals surface area contributed by atoms with Crippen molar-refractivity contribution in [2.24, 2.45) is 0 Å². The third-order valence-corrected chi connectivity index (χ3v) is 1.39. The van der Waals surface area contributed by atoms with Crippen molar-refractivity contribution in [2.75, 3.05) is 5.32 Å². The van der Waals surface area contributed by atoms with Crippen LogP contribution < -0.4 is 10.1 Å². The van der Waals surface area contributed by atoms with Gasteiger partial charge in [-0.2, -0.15) is 8.78 Å². The highest BCUT2D eigenvalue weighted by atomic mass is 19.3. The Labute approximate surface area is 81.1 Å². The first-order valence-corrected chi connectivity index (χ1v) is 4.25. The van der Waals surface area contributed by atoms with Crippen molar-refractivity contribution in [1.82, 2.24) is 4.98 Å². The molecule has 1 aromatic heterocycles. The van der Waals surface area contributed by atoms with E-state index in [-0.39, 0.29) is 11.8 Å². The van der Waals surface area contributed by atoms with Gasteiger partial charge < -0.3 is 10.1 Å². The molecule has 14 heavy (non-hydrogen) atoms.